The predicted octanol–water partition coefficient (Wildman–Crippen LogP) is 5.09. The maximum atomic E-state index is 13.7. The summed E-state index contributed by atoms with van der Waals surface area (Å²) in [6.07, 6.45) is 2.23. The summed E-state index contributed by atoms with van der Waals surface area (Å²) in [5, 5.41) is 10.4. The van der Waals surface area contributed by atoms with Crippen LogP contribution in [0.15, 0.2) is 55.1 Å². The molecule has 2 atom stereocenters. The predicted molar refractivity (Wildman–Crippen MR) is 170 cm³/mol. The van der Waals surface area contributed by atoms with Crippen molar-refractivity contribution in [1.29, 1.82) is 5.41 Å². The summed E-state index contributed by atoms with van der Waals surface area (Å²) in [5.41, 5.74) is 14.4. The Morgan fingerprint density at radius 2 is 1.73 bits per heavy atom. The molecule has 44 heavy (non-hydrogen) atoms. The van der Waals surface area contributed by atoms with Gasteiger partial charge in [-0.2, -0.15) is 0 Å². The Morgan fingerprint density at radius 3 is 2.30 bits per heavy atom. The number of benzene rings is 2. The molecule has 0 fully saturated rings. The number of ether oxygens (including phenoxy) is 3. The molecule has 0 bridgehead atoms. The molecule has 11 nitrogen and oxygen atoms in total. The second kappa shape index (κ2) is 14.9. The lowest BCUT2D eigenvalue weighted by atomic mass is 9.93. The van der Waals surface area contributed by atoms with Crippen LogP contribution in [-0.4, -0.2) is 48.6 Å². The summed E-state index contributed by atoms with van der Waals surface area (Å²) >= 11 is 0. The number of nitrogens with one attached hydrogen (secondary N) is 2. The number of carbonyl (C=O) groups excluding carboxylic acids is 3. The second-order valence-corrected chi connectivity index (χ2v) is 10.5. The Labute approximate surface area is 257 Å². The SMILES string of the molecule is C=Cc1cc(C(=O)Nc2ccc(C(=N)N)cc2)c(-c2ccc(C(C)C)nc2C(=O)OCOC(=O)[C@@H](N)[C@@H](C)CC)cc1OC. The number of amidine groups is 1. The monoisotopic (exact) mass is 601 g/mol. The molecule has 0 aliphatic heterocycles. The van der Waals surface area contributed by atoms with Crippen molar-refractivity contribution in [3.05, 3.63) is 83.2 Å². The molecular formula is C33H39N5O6. The Morgan fingerprint density at radius 1 is 1.05 bits per heavy atom. The van der Waals surface area contributed by atoms with Gasteiger partial charge >= 0.3 is 11.9 Å². The largest absolute Gasteiger partial charge is 0.496 e. The van der Waals surface area contributed by atoms with E-state index in [0.29, 0.717) is 45.8 Å². The summed E-state index contributed by atoms with van der Waals surface area (Å²) in [4.78, 5) is 44.0. The van der Waals surface area contributed by atoms with E-state index in [1.807, 2.05) is 27.7 Å². The lowest BCUT2D eigenvalue weighted by Crippen LogP contribution is -2.38. The lowest BCUT2D eigenvalue weighted by Gasteiger charge is -2.18. The Balaban J connectivity index is 2.05. The van der Waals surface area contributed by atoms with E-state index in [0.717, 1.165) is 0 Å². The number of nitrogens with zero attached hydrogens (tertiary/aromatic N) is 1. The summed E-state index contributed by atoms with van der Waals surface area (Å²) in [7, 11) is 1.48. The minimum atomic E-state index is -0.856. The van der Waals surface area contributed by atoms with Crippen molar-refractivity contribution in [2.24, 2.45) is 17.4 Å². The molecule has 0 spiro atoms. The highest BCUT2D eigenvalue weighted by Crippen LogP contribution is 2.35. The molecule has 1 amide bonds. The van der Waals surface area contributed by atoms with Gasteiger partial charge in [-0.05, 0) is 54.3 Å². The quantitative estimate of drug-likeness (QED) is 0.0898. The zero-order valence-corrected chi connectivity index (χ0v) is 25.6. The van der Waals surface area contributed by atoms with Gasteiger partial charge in [-0.3, -0.25) is 15.0 Å². The molecule has 11 heteroatoms. The van der Waals surface area contributed by atoms with Crippen molar-refractivity contribution < 1.29 is 28.6 Å². The number of anilines is 1. The molecule has 0 saturated carbocycles. The van der Waals surface area contributed by atoms with Crippen molar-refractivity contribution in [2.45, 2.75) is 46.1 Å². The highest BCUT2D eigenvalue weighted by atomic mass is 16.7. The number of hydrogen-bond acceptors (Lipinski definition) is 9. The second-order valence-electron chi connectivity index (χ2n) is 10.5. The van der Waals surface area contributed by atoms with E-state index in [9.17, 15) is 14.4 Å². The first-order valence-corrected chi connectivity index (χ1v) is 14.1. The summed E-state index contributed by atoms with van der Waals surface area (Å²) < 4.78 is 16.0. The Kier molecular flexibility index (Phi) is 11.4. The highest BCUT2D eigenvalue weighted by Gasteiger charge is 2.25. The third-order valence-electron chi connectivity index (χ3n) is 7.20. The zero-order chi connectivity index (χ0) is 32.6. The van der Waals surface area contributed by atoms with Crippen LogP contribution >= 0.6 is 0 Å². The summed E-state index contributed by atoms with van der Waals surface area (Å²) in [6, 6.07) is 12.3. The highest BCUT2D eigenvalue weighted by molar-refractivity contribution is 6.11. The molecule has 3 aromatic rings. The van der Waals surface area contributed by atoms with Gasteiger partial charge in [0.15, 0.2) is 5.69 Å². The van der Waals surface area contributed by atoms with Crippen LogP contribution in [0.5, 0.6) is 5.75 Å². The number of hydrogen-bond donors (Lipinski definition) is 4. The van der Waals surface area contributed by atoms with Crippen molar-refractivity contribution in [3.63, 3.8) is 0 Å². The number of nitrogen functional groups attached to an aromatic ring is 1. The molecule has 2 aromatic carbocycles. The van der Waals surface area contributed by atoms with Crippen LogP contribution in [0, 0.1) is 11.3 Å². The van der Waals surface area contributed by atoms with E-state index >= 15 is 0 Å². The van der Waals surface area contributed by atoms with Crippen LogP contribution in [0.3, 0.4) is 0 Å². The van der Waals surface area contributed by atoms with Gasteiger partial charge in [0.05, 0.1) is 7.11 Å². The van der Waals surface area contributed by atoms with Crippen LogP contribution in [0.1, 0.15) is 77.7 Å². The van der Waals surface area contributed by atoms with Gasteiger partial charge < -0.3 is 31.0 Å². The molecule has 0 unspecified atom stereocenters. The van der Waals surface area contributed by atoms with Gasteiger partial charge in [-0.1, -0.05) is 52.8 Å². The number of amides is 1. The van der Waals surface area contributed by atoms with E-state index in [1.54, 1.807) is 54.6 Å². The maximum absolute atomic E-state index is 13.7. The molecular weight excluding hydrogens is 562 g/mol. The molecule has 0 aliphatic rings. The van der Waals surface area contributed by atoms with Crippen molar-refractivity contribution in [1.82, 2.24) is 4.98 Å². The lowest BCUT2D eigenvalue weighted by molar-refractivity contribution is -0.155. The molecule has 3 rings (SSSR count). The number of aromatic nitrogens is 1. The first kappa shape index (κ1) is 33.5. The van der Waals surface area contributed by atoms with Crippen molar-refractivity contribution in [3.8, 4) is 16.9 Å². The first-order valence-electron chi connectivity index (χ1n) is 14.1. The van der Waals surface area contributed by atoms with E-state index in [-0.39, 0.29) is 28.9 Å². The molecule has 1 aromatic heterocycles. The molecule has 6 N–H and O–H groups in total. The van der Waals surface area contributed by atoms with Gasteiger partial charge in [-0.25, -0.2) is 9.78 Å². The molecule has 0 aliphatic carbocycles. The fourth-order valence-corrected chi connectivity index (χ4v) is 4.24. The van der Waals surface area contributed by atoms with Gasteiger partial charge in [0.1, 0.15) is 17.6 Å². The average molecular weight is 602 g/mol. The van der Waals surface area contributed by atoms with E-state index in [4.69, 9.17) is 31.1 Å². The molecule has 0 radical (unpaired) electrons. The minimum Gasteiger partial charge on any atom is -0.496 e. The number of rotatable bonds is 13. The smallest absolute Gasteiger partial charge is 0.360 e. The van der Waals surface area contributed by atoms with Gasteiger partial charge in [-0.15, -0.1) is 0 Å². The third-order valence-corrected chi connectivity index (χ3v) is 7.20. The van der Waals surface area contributed by atoms with Crippen LogP contribution in [0.4, 0.5) is 5.69 Å². The summed E-state index contributed by atoms with van der Waals surface area (Å²) in [6.45, 7) is 10.7. The zero-order valence-electron chi connectivity index (χ0n) is 25.6. The number of pyridine rings is 1. The third kappa shape index (κ3) is 7.87. The van der Waals surface area contributed by atoms with E-state index in [1.165, 1.54) is 7.11 Å². The van der Waals surface area contributed by atoms with Gasteiger partial charge in [0.2, 0.25) is 6.79 Å². The number of carbonyl (C=O) groups is 3. The summed E-state index contributed by atoms with van der Waals surface area (Å²) in [5.74, 6) is -1.85. The number of nitrogens with two attached hydrogens (primary N) is 2. The maximum Gasteiger partial charge on any atom is 0.360 e. The van der Waals surface area contributed by atoms with Gasteiger partial charge in [0, 0.05) is 39.2 Å². The standard InChI is InChI=1S/C33H39N5O6/c1-7-19(5)28(34)32(40)43-17-44-33(41)29-23(13-14-26(38-29)18(3)4)24-16-27(42-6)20(8-2)15-25(24)31(39)37-22-11-9-21(10-12-22)30(35)36/h8-16,18-19,28H,2,7,17,34H2,1,3-6H3,(H3,35,36)(H,37,39)/t19-,28-/m0/s1. The van der Waals surface area contributed by atoms with Crippen LogP contribution in [-0.2, 0) is 14.3 Å². The topological polar surface area (TPSA) is 180 Å². The molecule has 232 valence electrons. The number of esters is 2. The van der Waals surface area contributed by atoms with E-state index < -0.39 is 30.7 Å². The molecule has 0 saturated heterocycles. The van der Waals surface area contributed by atoms with Gasteiger partial charge in [0.25, 0.3) is 5.91 Å². The van der Waals surface area contributed by atoms with E-state index in [2.05, 4.69) is 16.9 Å². The van der Waals surface area contributed by atoms with Crippen molar-refractivity contribution >= 4 is 35.4 Å². The Bertz CT molecular complexity index is 1550. The van der Waals surface area contributed by atoms with Crippen LogP contribution < -0.4 is 21.5 Å². The first-order chi connectivity index (χ1) is 20.9. The minimum absolute atomic E-state index is 0.0274. The van der Waals surface area contributed by atoms with Crippen LogP contribution in [0.25, 0.3) is 17.2 Å². The van der Waals surface area contributed by atoms with Crippen LogP contribution in [0.2, 0.25) is 0 Å². The fraction of sp³-hybridized carbons (Fsp3) is 0.303. The number of methoxy groups -OCH3 is 1. The molecule has 1 heterocycles. The fourth-order valence-electron chi connectivity index (χ4n) is 4.24. The average Bonchev–Trinajstić information content (AvgIpc) is 3.02. The normalized spacial score (nSPS) is 12.2. The van der Waals surface area contributed by atoms with Crippen molar-refractivity contribution in [2.75, 3.05) is 19.2 Å². The Hall–Kier alpha value is -5.03.